The largest absolute Gasteiger partial charge is 0.480 e. The molecule has 2 aromatic rings. The Bertz CT molecular complexity index is 1240. The zero-order valence-corrected chi connectivity index (χ0v) is 20.0. The van der Waals surface area contributed by atoms with E-state index in [1.807, 2.05) is 0 Å². The second-order valence-corrected chi connectivity index (χ2v) is 11.8. The second kappa shape index (κ2) is 7.87. The van der Waals surface area contributed by atoms with Crippen molar-refractivity contribution in [2.24, 2.45) is 5.92 Å². The van der Waals surface area contributed by atoms with E-state index >= 15 is 0 Å². The van der Waals surface area contributed by atoms with Crippen molar-refractivity contribution in [1.82, 2.24) is 9.88 Å². The average molecular weight is 525 g/mol. The molecular formula is C21H21F5N2O4S2. The lowest BCUT2D eigenvalue weighted by Gasteiger charge is -2.24. The molecule has 13 heteroatoms. The third kappa shape index (κ3) is 4.51. The number of piperidine rings is 1. The van der Waals surface area contributed by atoms with Crippen molar-refractivity contribution in [2.45, 2.75) is 48.8 Å². The summed E-state index contributed by atoms with van der Waals surface area (Å²) in [6, 6.07) is 3.12. The van der Waals surface area contributed by atoms with Crippen LogP contribution >= 0.6 is 11.3 Å². The molecule has 1 saturated heterocycles. The molecular weight excluding hydrogens is 503 g/mol. The number of amides is 1. The number of thiazole rings is 1. The van der Waals surface area contributed by atoms with Gasteiger partial charge in [0.2, 0.25) is 0 Å². The fraction of sp³-hybridized carbons (Fsp3) is 0.524. The summed E-state index contributed by atoms with van der Waals surface area (Å²) in [4.78, 5) is 18.5. The molecule has 0 spiro atoms. The van der Waals surface area contributed by atoms with Crippen LogP contribution in [0.3, 0.4) is 0 Å². The number of aromatic nitrogens is 1. The standard InChI is InChI=1S/C21H21F5N2O4S2/c1-11(21(24,25)26)32-15-5-4-13(34(3,30)31)6-14(15)17(29)28-8-12-7-20(12,10-28)16-9-33-18(27-16)19(2,22)23/h4-6,9,11-12H,7-8,10H2,1-3H3/t11-,12?,20?/m1/s1. The smallest absolute Gasteiger partial charge is 0.425 e. The number of ether oxygens (including phenoxy) is 1. The maximum Gasteiger partial charge on any atom is 0.425 e. The van der Waals surface area contributed by atoms with Gasteiger partial charge in [-0.1, -0.05) is 0 Å². The first-order valence-electron chi connectivity index (χ1n) is 10.2. The number of hydrogen-bond acceptors (Lipinski definition) is 6. The third-order valence-corrected chi connectivity index (χ3v) is 8.32. The fourth-order valence-electron chi connectivity index (χ4n) is 4.18. The molecule has 1 aromatic carbocycles. The molecule has 1 aliphatic carbocycles. The van der Waals surface area contributed by atoms with Gasteiger partial charge in [-0.15, -0.1) is 11.3 Å². The van der Waals surface area contributed by atoms with E-state index in [1.54, 1.807) is 5.38 Å². The maximum atomic E-state index is 13.6. The van der Waals surface area contributed by atoms with Crippen LogP contribution in [0.5, 0.6) is 5.75 Å². The van der Waals surface area contributed by atoms with Crippen LogP contribution < -0.4 is 4.74 Å². The van der Waals surface area contributed by atoms with Gasteiger partial charge >= 0.3 is 6.18 Å². The van der Waals surface area contributed by atoms with E-state index in [-0.39, 0.29) is 34.5 Å². The van der Waals surface area contributed by atoms with Gasteiger partial charge in [-0.05, 0) is 37.5 Å². The molecule has 2 fully saturated rings. The van der Waals surface area contributed by atoms with Crippen LogP contribution in [0, 0.1) is 5.92 Å². The zero-order valence-electron chi connectivity index (χ0n) is 18.3. The van der Waals surface area contributed by atoms with Gasteiger partial charge in [0.25, 0.3) is 11.8 Å². The number of alkyl halides is 5. The van der Waals surface area contributed by atoms with Crippen LogP contribution in [0.2, 0.25) is 0 Å². The first-order valence-corrected chi connectivity index (χ1v) is 13.0. The number of nitrogens with zero attached hydrogens (tertiary/aromatic N) is 2. The van der Waals surface area contributed by atoms with E-state index < -0.39 is 45.1 Å². The fourth-order valence-corrected chi connectivity index (χ4v) is 5.69. The second-order valence-electron chi connectivity index (χ2n) is 8.90. The van der Waals surface area contributed by atoms with Crippen LogP contribution in [0.1, 0.15) is 41.3 Å². The van der Waals surface area contributed by atoms with Gasteiger partial charge in [0.15, 0.2) is 20.9 Å². The van der Waals surface area contributed by atoms with E-state index in [9.17, 15) is 35.2 Å². The molecule has 1 amide bonds. The Hall–Kier alpha value is -2.28. The van der Waals surface area contributed by atoms with Crippen molar-refractivity contribution < 1.29 is 39.9 Å². The molecule has 1 saturated carbocycles. The molecule has 3 atom stereocenters. The van der Waals surface area contributed by atoms with Crippen LogP contribution in [0.15, 0.2) is 28.5 Å². The van der Waals surface area contributed by atoms with Gasteiger partial charge in [-0.2, -0.15) is 22.0 Å². The third-order valence-electron chi connectivity index (χ3n) is 6.20. The number of carbonyl (C=O) groups excluding carboxylic acids is 1. The normalized spacial score (nSPS) is 23.5. The average Bonchev–Trinajstić information content (AvgIpc) is 3.07. The number of carbonyl (C=O) groups is 1. The van der Waals surface area contributed by atoms with Gasteiger partial charge in [-0.3, -0.25) is 4.79 Å². The molecule has 6 nitrogen and oxygen atoms in total. The number of halogens is 5. The molecule has 34 heavy (non-hydrogen) atoms. The first kappa shape index (κ1) is 24.8. The van der Waals surface area contributed by atoms with Crippen molar-refractivity contribution in [1.29, 1.82) is 0 Å². The van der Waals surface area contributed by atoms with Gasteiger partial charge in [-0.25, -0.2) is 13.4 Å². The van der Waals surface area contributed by atoms with Crippen molar-refractivity contribution in [3.8, 4) is 5.75 Å². The first-order chi connectivity index (χ1) is 15.5. The van der Waals surface area contributed by atoms with Crippen LogP contribution in [-0.2, 0) is 21.2 Å². The minimum absolute atomic E-state index is 0.0339. The lowest BCUT2D eigenvalue weighted by atomic mass is 10.0. The monoisotopic (exact) mass is 524 g/mol. The maximum absolute atomic E-state index is 13.6. The molecule has 0 bridgehead atoms. The molecule has 0 radical (unpaired) electrons. The van der Waals surface area contributed by atoms with Crippen molar-refractivity contribution >= 4 is 27.1 Å². The minimum Gasteiger partial charge on any atom is -0.480 e. The summed E-state index contributed by atoms with van der Waals surface area (Å²) >= 11 is 0.833. The minimum atomic E-state index is -4.70. The van der Waals surface area contributed by atoms with Crippen LogP contribution in [-0.4, -0.2) is 55.8 Å². The lowest BCUT2D eigenvalue weighted by Crippen LogP contribution is -2.35. The summed E-state index contributed by atoms with van der Waals surface area (Å²) in [7, 11) is -3.75. The van der Waals surface area contributed by atoms with Gasteiger partial charge in [0, 0.05) is 37.1 Å². The van der Waals surface area contributed by atoms with Crippen molar-refractivity contribution in [3.05, 3.63) is 39.8 Å². The highest BCUT2D eigenvalue weighted by molar-refractivity contribution is 7.90. The molecule has 1 aliphatic heterocycles. The Morgan fingerprint density at radius 2 is 1.97 bits per heavy atom. The predicted octanol–water partition coefficient (Wildman–Crippen LogP) is 4.40. The summed E-state index contributed by atoms with van der Waals surface area (Å²) in [5.74, 6) is -4.21. The van der Waals surface area contributed by atoms with E-state index in [4.69, 9.17) is 4.74 Å². The van der Waals surface area contributed by atoms with E-state index in [2.05, 4.69) is 4.98 Å². The van der Waals surface area contributed by atoms with Crippen molar-refractivity contribution in [2.75, 3.05) is 19.3 Å². The highest BCUT2D eigenvalue weighted by atomic mass is 32.2. The summed E-state index contributed by atoms with van der Waals surface area (Å²) in [6.45, 7) is 1.90. The Labute approximate surface area is 196 Å². The summed E-state index contributed by atoms with van der Waals surface area (Å²) in [5.41, 5.74) is -0.444. The van der Waals surface area contributed by atoms with Crippen molar-refractivity contribution in [3.63, 3.8) is 0 Å². The molecule has 4 rings (SSSR count). The highest BCUT2D eigenvalue weighted by Crippen LogP contribution is 2.59. The molecule has 186 valence electrons. The van der Waals surface area contributed by atoms with Crippen LogP contribution in [0.25, 0.3) is 0 Å². The SMILES string of the molecule is C[C@@H](Oc1ccc(S(C)(=O)=O)cc1C(=O)N1CC2CC2(c2csc(C(C)(F)F)n2)C1)C(F)(F)F. The van der Waals surface area contributed by atoms with E-state index in [1.165, 1.54) is 4.90 Å². The number of fused-ring (bicyclic) bond motifs is 1. The van der Waals surface area contributed by atoms with Gasteiger partial charge < -0.3 is 9.64 Å². The Morgan fingerprint density at radius 1 is 1.29 bits per heavy atom. The van der Waals surface area contributed by atoms with Crippen LogP contribution in [0.4, 0.5) is 22.0 Å². The molecule has 2 unspecified atom stereocenters. The van der Waals surface area contributed by atoms with E-state index in [0.29, 0.717) is 12.1 Å². The van der Waals surface area contributed by atoms with Gasteiger partial charge in [0.1, 0.15) is 5.75 Å². The molecule has 1 aromatic heterocycles. The topological polar surface area (TPSA) is 76.6 Å². The number of sulfone groups is 1. The number of benzene rings is 1. The quantitative estimate of drug-likeness (QED) is 0.524. The zero-order chi connectivity index (χ0) is 25.3. The molecule has 0 N–H and O–H groups in total. The summed E-state index contributed by atoms with van der Waals surface area (Å²) in [6.07, 6.45) is -5.37. The molecule has 2 heterocycles. The Kier molecular flexibility index (Phi) is 5.75. The Morgan fingerprint density at radius 3 is 2.53 bits per heavy atom. The molecule has 2 aliphatic rings. The number of hydrogen-bond donors (Lipinski definition) is 0. The summed E-state index contributed by atoms with van der Waals surface area (Å²) < 4.78 is 95.3. The summed E-state index contributed by atoms with van der Waals surface area (Å²) in [5, 5.41) is 1.22. The number of rotatable bonds is 6. The number of likely N-dealkylation sites (tertiary alicyclic amines) is 1. The highest BCUT2D eigenvalue weighted by Gasteiger charge is 2.63. The Balaban J connectivity index is 1.63. The lowest BCUT2D eigenvalue weighted by molar-refractivity contribution is -0.189. The van der Waals surface area contributed by atoms with Gasteiger partial charge in [0.05, 0.1) is 16.2 Å². The van der Waals surface area contributed by atoms with E-state index in [0.717, 1.165) is 49.6 Å². The predicted molar refractivity (Wildman–Crippen MR) is 113 cm³/mol.